The maximum Gasteiger partial charge on any atom is 0.326 e. The van der Waals surface area contributed by atoms with Crippen LogP contribution in [0, 0.1) is 5.92 Å². The van der Waals surface area contributed by atoms with Gasteiger partial charge in [0.15, 0.2) is 0 Å². The minimum Gasteiger partial charge on any atom is -0.480 e. The van der Waals surface area contributed by atoms with Gasteiger partial charge in [0.05, 0.1) is 0 Å². The summed E-state index contributed by atoms with van der Waals surface area (Å²) in [5.74, 6) is -1.90. The van der Waals surface area contributed by atoms with Crippen LogP contribution in [0.3, 0.4) is 0 Å². The predicted molar refractivity (Wildman–Crippen MR) is 132 cm³/mol. The first-order valence-corrected chi connectivity index (χ1v) is 12.0. The Morgan fingerprint density at radius 2 is 1.66 bits per heavy atom. The second-order valence-corrected chi connectivity index (χ2v) is 9.33. The van der Waals surface area contributed by atoms with Crippen LogP contribution in [0.5, 0.6) is 0 Å². The molecule has 2 aromatic carbocycles. The zero-order valence-corrected chi connectivity index (χ0v) is 20.2. The molecule has 1 heterocycles. The molecule has 186 valence electrons. The van der Waals surface area contributed by atoms with Gasteiger partial charge in [-0.3, -0.25) is 14.4 Å². The van der Waals surface area contributed by atoms with E-state index in [9.17, 15) is 24.3 Å². The Kier molecular flexibility index (Phi) is 9.00. The maximum absolute atomic E-state index is 13.0. The molecule has 8 heteroatoms. The van der Waals surface area contributed by atoms with Crippen molar-refractivity contribution in [2.45, 2.75) is 58.2 Å². The van der Waals surface area contributed by atoms with E-state index in [-0.39, 0.29) is 30.6 Å². The van der Waals surface area contributed by atoms with Crippen LogP contribution in [-0.2, 0) is 27.3 Å². The molecule has 0 aromatic heterocycles. The van der Waals surface area contributed by atoms with Gasteiger partial charge in [0.25, 0.3) is 5.91 Å². The summed E-state index contributed by atoms with van der Waals surface area (Å²) in [6, 6.07) is 14.8. The molecule has 0 bridgehead atoms. The molecule has 0 aliphatic carbocycles. The van der Waals surface area contributed by atoms with Crippen molar-refractivity contribution in [3.63, 3.8) is 0 Å². The lowest BCUT2D eigenvalue weighted by Gasteiger charge is -2.23. The number of carbonyl (C=O) groups is 4. The van der Waals surface area contributed by atoms with Crippen molar-refractivity contribution in [2.24, 2.45) is 5.92 Å². The molecule has 8 nitrogen and oxygen atoms in total. The SMILES string of the molecule is CC(C)C[C@H](NC(=O)[C@H](Cc1ccccc1)NC(=O)CCCN1Cc2ccccc2C1=O)C(=O)O. The third kappa shape index (κ3) is 7.40. The zero-order chi connectivity index (χ0) is 25.4. The first-order valence-electron chi connectivity index (χ1n) is 12.0. The van der Waals surface area contributed by atoms with E-state index < -0.39 is 24.0 Å². The summed E-state index contributed by atoms with van der Waals surface area (Å²) in [5, 5.41) is 14.9. The Balaban J connectivity index is 1.58. The van der Waals surface area contributed by atoms with Crippen LogP contribution >= 0.6 is 0 Å². The third-order valence-corrected chi connectivity index (χ3v) is 5.98. The minimum absolute atomic E-state index is 0.0350. The Hall–Kier alpha value is -3.68. The summed E-state index contributed by atoms with van der Waals surface area (Å²) in [6.07, 6.45) is 1.13. The number of amides is 3. The van der Waals surface area contributed by atoms with Gasteiger partial charge in [0, 0.05) is 31.5 Å². The smallest absolute Gasteiger partial charge is 0.326 e. The lowest BCUT2D eigenvalue weighted by Crippen LogP contribution is -2.52. The number of nitrogens with one attached hydrogen (secondary N) is 2. The molecule has 0 fully saturated rings. The molecule has 0 saturated heterocycles. The van der Waals surface area contributed by atoms with Gasteiger partial charge in [-0.25, -0.2) is 4.79 Å². The van der Waals surface area contributed by atoms with Crippen molar-refractivity contribution in [2.75, 3.05) is 6.54 Å². The molecule has 3 rings (SSSR count). The summed E-state index contributed by atoms with van der Waals surface area (Å²) in [7, 11) is 0. The summed E-state index contributed by atoms with van der Waals surface area (Å²) >= 11 is 0. The summed E-state index contributed by atoms with van der Waals surface area (Å²) in [4.78, 5) is 51.5. The number of fused-ring (bicyclic) bond motifs is 1. The number of carboxylic acids is 1. The van der Waals surface area contributed by atoms with Crippen molar-refractivity contribution in [3.05, 3.63) is 71.3 Å². The quantitative estimate of drug-likeness (QED) is 0.433. The van der Waals surface area contributed by atoms with E-state index in [4.69, 9.17) is 0 Å². The van der Waals surface area contributed by atoms with Crippen molar-refractivity contribution < 1.29 is 24.3 Å². The zero-order valence-electron chi connectivity index (χ0n) is 20.2. The second kappa shape index (κ2) is 12.1. The molecule has 0 unspecified atom stereocenters. The van der Waals surface area contributed by atoms with Gasteiger partial charge in [-0.1, -0.05) is 62.4 Å². The Morgan fingerprint density at radius 3 is 2.31 bits per heavy atom. The number of rotatable bonds is 12. The van der Waals surface area contributed by atoms with Crippen molar-refractivity contribution in [1.82, 2.24) is 15.5 Å². The molecule has 35 heavy (non-hydrogen) atoms. The normalized spacial score (nSPS) is 14.4. The van der Waals surface area contributed by atoms with E-state index in [0.717, 1.165) is 11.1 Å². The van der Waals surface area contributed by atoms with E-state index in [1.807, 2.05) is 62.4 Å². The van der Waals surface area contributed by atoms with E-state index in [2.05, 4.69) is 10.6 Å². The van der Waals surface area contributed by atoms with Crippen molar-refractivity contribution in [1.29, 1.82) is 0 Å². The van der Waals surface area contributed by atoms with Crippen LogP contribution < -0.4 is 10.6 Å². The number of hydrogen-bond acceptors (Lipinski definition) is 4. The van der Waals surface area contributed by atoms with Crippen LogP contribution in [-0.4, -0.2) is 52.3 Å². The van der Waals surface area contributed by atoms with Gasteiger partial charge in [-0.15, -0.1) is 0 Å². The standard InChI is InChI=1S/C27H33N3O5/c1-18(2)15-23(27(34)35)29-25(32)22(16-19-9-4-3-5-10-19)28-24(31)13-8-14-30-17-20-11-6-7-12-21(20)26(30)33/h3-7,9-12,18,22-23H,8,13-17H2,1-2H3,(H,28,31)(H,29,32)(H,34,35)/t22-,23-/m0/s1. The summed E-state index contributed by atoms with van der Waals surface area (Å²) < 4.78 is 0. The Labute approximate surface area is 205 Å². The van der Waals surface area contributed by atoms with E-state index in [1.54, 1.807) is 11.0 Å². The molecule has 0 saturated carbocycles. The Morgan fingerprint density at radius 1 is 0.971 bits per heavy atom. The minimum atomic E-state index is -1.10. The van der Waals surface area contributed by atoms with Crippen LogP contribution in [0.25, 0.3) is 0 Å². The molecule has 2 atom stereocenters. The van der Waals surface area contributed by atoms with Crippen LogP contribution in [0.4, 0.5) is 0 Å². The van der Waals surface area contributed by atoms with Crippen molar-refractivity contribution >= 4 is 23.7 Å². The molecule has 3 N–H and O–H groups in total. The monoisotopic (exact) mass is 479 g/mol. The summed E-state index contributed by atoms with van der Waals surface area (Å²) in [6.45, 7) is 4.73. The number of hydrogen-bond donors (Lipinski definition) is 3. The fourth-order valence-electron chi connectivity index (χ4n) is 4.22. The number of nitrogens with zero attached hydrogens (tertiary/aromatic N) is 1. The number of carboxylic acid groups (broad SMARTS) is 1. The van der Waals surface area contributed by atoms with Crippen molar-refractivity contribution in [3.8, 4) is 0 Å². The molecular weight excluding hydrogens is 446 g/mol. The van der Waals surface area contributed by atoms with E-state index >= 15 is 0 Å². The molecule has 3 amide bonds. The first-order chi connectivity index (χ1) is 16.7. The van der Waals surface area contributed by atoms with Gasteiger partial charge < -0.3 is 20.6 Å². The Bertz CT molecular complexity index is 1050. The van der Waals surface area contributed by atoms with Gasteiger partial charge in [0.1, 0.15) is 12.1 Å². The molecule has 0 spiro atoms. The molecule has 2 aromatic rings. The predicted octanol–water partition coefficient (Wildman–Crippen LogP) is 2.77. The average molecular weight is 480 g/mol. The second-order valence-electron chi connectivity index (χ2n) is 9.33. The first kappa shape index (κ1) is 25.9. The van der Waals surface area contributed by atoms with Gasteiger partial charge in [0.2, 0.25) is 11.8 Å². The highest BCUT2D eigenvalue weighted by Crippen LogP contribution is 2.22. The maximum atomic E-state index is 13.0. The molecule has 1 aliphatic rings. The number of benzene rings is 2. The third-order valence-electron chi connectivity index (χ3n) is 5.98. The average Bonchev–Trinajstić information content (AvgIpc) is 3.14. The van der Waals surface area contributed by atoms with Crippen LogP contribution in [0.1, 0.15) is 54.6 Å². The molecule has 1 aliphatic heterocycles. The fraction of sp³-hybridized carbons (Fsp3) is 0.407. The highest BCUT2D eigenvalue weighted by Gasteiger charge is 2.28. The highest BCUT2D eigenvalue weighted by molar-refractivity contribution is 5.98. The van der Waals surface area contributed by atoms with Gasteiger partial charge >= 0.3 is 5.97 Å². The van der Waals surface area contributed by atoms with Gasteiger partial charge in [-0.2, -0.15) is 0 Å². The topological polar surface area (TPSA) is 116 Å². The lowest BCUT2D eigenvalue weighted by atomic mass is 10.0. The molecule has 0 radical (unpaired) electrons. The fourth-order valence-corrected chi connectivity index (χ4v) is 4.22. The van der Waals surface area contributed by atoms with E-state index in [1.165, 1.54) is 0 Å². The summed E-state index contributed by atoms with van der Waals surface area (Å²) in [5.41, 5.74) is 2.53. The number of carbonyl (C=O) groups excluding carboxylic acids is 3. The highest BCUT2D eigenvalue weighted by atomic mass is 16.4. The largest absolute Gasteiger partial charge is 0.480 e. The van der Waals surface area contributed by atoms with Crippen LogP contribution in [0.15, 0.2) is 54.6 Å². The lowest BCUT2D eigenvalue weighted by molar-refractivity contribution is -0.142. The van der Waals surface area contributed by atoms with Crippen LogP contribution in [0.2, 0.25) is 0 Å². The van der Waals surface area contributed by atoms with Gasteiger partial charge in [-0.05, 0) is 36.0 Å². The van der Waals surface area contributed by atoms with E-state index in [0.29, 0.717) is 31.5 Å². The number of aliphatic carboxylic acids is 1. The molecular formula is C27H33N3O5.